The van der Waals surface area contributed by atoms with Crippen molar-refractivity contribution in [3.63, 3.8) is 0 Å². The number of hydrogen-bond donors (Lipinski definition) is 3. The molecule has 6 nitrogen and oxygen atoms in total. The zero-order valence-corrected chi connectivity index (χ0v) is 6.15. The van der Waals surface area contributed by atoms with Crippen LogP contribution in [-0.2, 0) is 8.63 Å². The van der Waals surface area contributed by atoms with E-state index in [9.17, 15) is 9.90 Å². The Morgan fingerprint density at radius 2 is 1.78 bits per heavy atom. The molecule has 0 saturated heterocycles. The van der Waals surface area contributed by atoms with Gasteiger partial charge in [0.05, 0.1) is 5.97 Å². The smallest absolute Gasteiger partial charge is 0.114 e. The Bertz CT molecular complexity index is 99.1. The van der Waals surface area contributed by atoms with E-state index < -0.39 is 20.5 Å². The first-order valence-electron chi connectivity index (χ1n) is 1.79. The number of carboxylic acids is 1. The van der Waals surface area contributed by atoms with Gasteiger partial charge in [-0.3, -0.25) is 0 Å². The second-order valence-electron chi connectivity index (χ2n) is 0.853. The molecular formula is C2H7NO5Se. The quantitative estimate of drug-likeness (QED) is 0.370. The molecule has 0 bridgehead atoms. The van der Waals surface area contributed by atoms with Gasteiger partial charge in [-0.05, 0) is 0 Å². The van der Waals surface area contributed by atoms with Crippen molar-refractivity contribution in [2.24, 2.45) is 0 Å². The summed E-state index contributed by atoms with van der Waals surface area (Å²) in [6, 6.07) is 0. The topological polar surface area (TPSA) is 125 Å². The normalized spacial score (nSPS) is 8.00. The Balaban J connectivity index is 0. The van der Waals surface area contributed by atoms with Gasteiger partial charge in [0, 0.05) is 0 Å². The zero-order valence-electron chi connectivity index (χ0n) is 4.44. The van der Waals surface area contributed by atoms with Crippen LogP contribution in [-0.4, -0.2) is 35.4 Å². The summed E-state index contributed by atoms with van der Waals surface area (Å²) < 4.78 is 23.1. The summed E-state index contributed by atoms with van der Waals surface area (Å²) in [4.78, 5) is 9.19. The molecule has 0 atom stereocenters. The summed E-state index contributed by atoms with van der Waals surface area (Å²) >= 11 is -3.29. The minimum absolute atomic E-state index is 0.139. The monoisotopic (exact) mass is 205 g/mol. The summed E-state index contributed by atoms with van der Waals surface area (Å²) in [6.07, 6.45) is 0. The van der Waals surface area contributed by atoms with Crippen molar-refractivity contribution in [2.45, 2.75) is 0 Å². The molecule has 0 aliphatic heterocycles. The molecule has 0 spiro atoms. The Hall–Kier alpha value is -0.331. The number of quaternary nitrogens is 1. The molecule has 0 aromatic rings. The van der Waals surface area contributed by atoms with Gasteiger partial charge in [0.15, 0.2) is 0 Å². The number of carboxylic acid groups (broad SMARTS) is 1. The van der Waals surface area contributed by atoms with Gasteiger partial charge in [0.2, 0.25) is 0 Å². The summed E-state index contributed by atoms with van der Waals surface area (Å²) in [6.45, 7) is -0.139. The predicted octanol–water partition coefficient (Wildman–Crippen LogP) is -4.64. The van der Waals surface area contributed by atoms with Crippen molar-refractivity contribution < 1.29 is 27.8 Å². The van der Waals surface area contributed by atoms with Gasteiger partial charge in [0.25, 0.3) is 0 Å². The van der Waals surface area contributed by atoms with Gasteiger partial charge >= 0.3 is 26.7 Å². The van der Waals surface area contributed by atoms with Crippen molar-refractivity contribution in [1.29, 1.82) is 0 Å². The second kappa shape index (κ2) is 7.67. The van der Waals surface area contributed by atoms with E-state index in [0.717, 1.165) is 0 Å². The molecule has 0 aliphatic rings. The van der Waals surface area contributed by atoms with E-state index in [1.807, 2.05) is 0 Å². The van der Waals surface area contributed by atoms with E-state index in [2.05, 4.69) is 5.73 Å². The molecular weight excluding hydrogens is 197 g/mol. The largest absolute Gasteiger partial charge is 0.544 e. The summed E-state index contributed by atoms with van der Waals surface area (Å²) in [7, 11) is 0. The first kappa shape index (κ1) is 11.5. The SMILES string of the molecule is O=[Se](O)O.[NH3+]CC(=O)[O-]. The van der Waals surface area contributed by atoms with Crippen LogP contribution in [0.2, 0.25) is 0 Å². The molecule has 9 heavy (non-hydrogen) atoms. The van der Waals surface area contributed by atoms with Crippen molar-refractivity contribution in [3.8, 4) is 0 Å². The van der Waals surface area contributed by atoms with Crippen molar-refractivity contribution in [2.75, 3.05) is 6.54 Å². The third-order valence-electron chi connectivity index (χ3n) is 0.204. The van der Waals surface area contributed by atoms with E-state index in [4.69, 9.17) is 12.2 Å². The van der Waals surface area contributed by atoms with E-state index in [0.29, 0.717) is 0 Å². The van der Waals surface area contributed by atoms with Crippen LogP contribution in [0.15, 0.2) is 0 Å². The van der Waals surface area contributed by atoms with E-state index >= 15 is 0 Å². The molecule has 0 aliphatic carbocycles. The van der Waals surface area contributed by atoms with Gasteiger partial charge in [-0.1, -0.05) is 0 Å². The third kappa shape index (κ3) is 88.4. The predicted molar refractivity (Wildman–Crippen MR) is 23.6 cm³/mol. The molecule has 7 heteroatoms. The first-order valence-corrected chi connectivity index (χ1v) is 4.03. The van der Waals surface area contributed by atoms with Gasteiger partial charge in [-0.25, -0.2) is 0 Å². The molecule has 0 aromatic carbocycles. The number of carbonyl (C=O) groups excluding carboxylic acids is 1. The molecule has 0 aromatic heterocycles. The fourth-order valence-corrected chi connectivity index (χ4v) is 0. The average molecular weight is 204 g/mol. The number of carbonyl (C=O) groups is 1. The number of aliphatic carboxylic acids is 1. The van der Waals surface area contributed by atoms with Crippen LogP contribution in [0.3, 0.4) is 0 Å². The summed E-state index contributed by atoms with van der Waals surface area (Å²) in [5.74, 6) is -1.11. The van der Waals surface area contributed by atoms with E-state index in [1.54, 1.807) is 0 Å². The minimum Gasteiger partial charge on any atom is -0.544 e. The molecule has 0 unspecified atom stereocenters. The molecule has 0 amide bonds. The molecule has 0 saturated carbocycles. The summed E-state index contributed by atoms with van der Waals surface area (Å²) in [5, 5.41) is 9.19. The van der Waals surface area contributed by atoms with Crippen LogP contribution < -0.4 is 10.8 Å². The van der Waals surface area contributed by atoms with Gasteiger partial charge in [0.1, 0.15) is 6.54 Å². The Kier molecular flexibility index (Phi) is 9.77. The minimum atomic E-state index is -3.29. The van der Waals surface area contributed by atoms with Gasteiger partial charge in [-0.2, -0.15) is 0 Å². The standard InChI is InChI=1S/C2H5NO2.H2O3Se/c3-1-2(4)5;1-4(2)3/h1,3H2,(H,4,5);(H2,1,2,3). The Morgan fingerprint density at radius 3 is 1.78 bits per heavy atom. The Labute approximate surface area is 55.6 Å². The van der Waals surface area contributed by atoms with Crippen LogP contribution in [0.4, 0.5) is 0 Å². The van der Waals surface area contributed by atoms with Crippen LogP contribution in [0.5, 0.6) is 0 Å². The van der Waals surface area contributed by atoms with Gasteiger partial charge in [-0.15, -0.1) is 0 Å². The second-order valence-corrected chi connectivity index (χ2v) is 1.82. The third-order valence-corrected chi connectivity index (χ3v) is 0.204. The maximum Gasteiger partial charge on any atom is 0.114 e. The molecule has 0 rings (SSSR count). The van der Waals surface area contributed by atoms with Crippen molar-refractivity contribution >= 4 is 20.5 Å². The van der Waals surface area contributed by atoms with Crippen LogP contribution in [0.1, 0.15) is 0 Å². The maximum atomic E-state index is 9.19. The maximum absolute atomic E-state index is 9.19. The molecule has 0 radical (unpaired) electrons. The fraction of sp³-hybridized carbons (Fsp3) is 0.500. The van der Waals surface area contributed by atoms with Crippen molar-refractivity contribution in [1.82, 2.24) is 0 Å². The number of rotatable bonds is 1. The fourth-order valence-electron chi connectivity index (χ4n) is 0. The van der Waals surface area contributed by atoms with Crippen LogP contribution in [0, 0.1) is 0 Å². The molecule has 0 heterocycles. The summed E-state index contributed by atoms with van der Waals surface area (Å²) in [5.41, 5.74) is 3.02. The Morgan fingerprint density at radius 1 is 1.67 bits per heavy atom. The van der Waals surface area contributed by atoms with Crippen molar-refractivity contribution in [3.05, 3.63) is 0 Å². The average Bonchev–Trinajstić information content (AvgIpc) is 1.65. The van der Waals surface area contributed by atoms with Gasteiger partial charge < -0.3 is 15.6 Å². The van der Waals surface area contributed by atoms with Crippen LogP contribution in [0.25, 0.3) is 0 Å². The number of hydrogen-bond acceptors (Lipinski definition) is 3. The van der Waals surface area contributed by atoms with E-state index in [1.165, 1.54) is 0 Å². The zero-order chi connectivity index (χ0) is 7.86. The molecule has 0 fully saturated rings. The van der Waals surface area contributed by atoms with E-state index in [-0.39, 0.29) is 6.54 Å². The van der Waals surface area contributed by atoms with Crippen LogP contribution >= 0.6 is 0 Å². The molecule has 5 N–H and O–H groups in total. The first-order chi connectivity index (χ1) is 4.00. The molecule has 56 valence electrons.